The summed E-state index contributed by atoms with van der Waals surface area (Å²) in [6.07, 6.45) is 6.07. The largest absolute Gasteiger partial charge is 2.00 e. The molecule has 0 aromatic heterocycles. The number of carbonyl (C=O) groups excluding carboxylic acids is 2. The van der Waals surface area contributed by atoms with Crippen molar-refractivity contribution in [1.82, 2.24) is 0 Å². The fourth-order valence-corrected chi connectivity index (χ4v) is 1.04. The van der Waals surface area contributed by atoms with Crippen LogP contribution in [-0.4, -0.2) is 11.9 Å². The van der Waals surface area contributed by atoms with Gasteiger partial charge in [-0.3, -0.25) is 0 Å². The van der Waals surface area contributed by atoms with Crippen molar-refractivity contribution in [1.29, 1.82) is 0 Å². The van der Waals surface area contributed by atoms with E-state index in [9.17, 15) is 19.8 Å². The summed E-state index contributed by atoms with van der Waals surface area (Å²) in [5.74, 6) is -1.86. The van der Waals surface area contributed by atoms with Crippen LogP contribution in [-0.2, 0) is 35.8 Å². The van der Waals surface area contributed by atoms with Crippen LogP contribution in [0, 0.1) is 0 Å². The van der Waals surface area contributed by atoms with Crippen LogP contribution in [0.5, 0.6) is 0 Å². The SMILES string of the molecule is CCCCCC(=O)[O-].CCCCCC(=O)[O-].[Zr+2]. The van der Waals surface area contributed by atoms with Crippen molar-refractivity contribution in [3.05, 3.63) is 0 Å². The fraction of sp³-hybridized carbons (Fsp3) is 0.833. The second kappa shape index (κ2) is 18.2. The molecule has 17 heavy (non-hydrogen) atoms. The molecule has 0 spiro atoms. The molecule has 0 atom stereocenters. The molecule has 0 saturated carbocycles. The Balaban J connectivity index is -0.000000218. The topological polar surface area (TPSA) is 80.3 Å². The van der Waals surface area contributed by atoms with Gasteiger partial charge in [-0.05, 0) is 25.7 Å². The van der Waals surface area contributed by atoms with Crippen molar-refractivity contribution in [2.45, 2.75) is 65.2 Å². The van der Waals surface area contributed by atoms with E-state index in [1.807, 2.05) is 13.8 Å². The van der Waals surface area contributed by atoms with E-state index >= 15 is 0 Å². The summed E-state index contributed by atoms with van der Waals surface area (Å²) < 4.78 is 0. The second-order valence-corrected chi connectivity index (χ2v) is 3.66. The van der Waals surface area contributed by atoms with E-state index in [1.54, 1.807) is 0 Å². The van der Waals surface area contributed by atoms with E-state index in [-0.39, 0.29) is 39.0 Å². The summed E-state index contributed by atoms with van der Waals surface area (Å²) in [7, 11) is 0. The minimum atomic E-state index is -0.932. The molecule has 0 aromatic carbocycles. The zero-order chi connectivity index (χ0) is 12.8. The third kappa shape index (κ3) is 31.3. The molecule has 0 saturated heterocycles. The summed E-state index contributed by atoms with van der Waals surface area (Å²) in [5, 5.41) is 19.5. The summed E-state index contributed by atoms with van der Waals surface area (Å²) in [6.45, 7) is 4.07. The summed E-state index contributed by atoms with van der Waals surface area (Å²) in [6, 6.07) is 0. The minimum absolute atomic E-state index is 0. The van der Waals surface area contributed by atoms with Crippen molar-refractivity contribution >= 4 is 11.9 Å². The van der Waals surface area contributed by atoms with Gasteiger partial charge in [-0.25, -0.2) is 0 Å². The van der Waals surface area contributed by atoms with E-state index in [0.717, 1.165) is 38.5 Å². The van der Waals surface area contributed by atoms with Gasteiger partial charge in [0.15, 0.2) is 0 Å². The number of hydrogen-bond acceptors (Lipinski definition) is 4. The molecule has 5 heteroatoms. The molecule has 0 aliphatic heterocycles. The number of unbranched alkanes of at least 4 members (excludes halogenated alkanes) is 4. The van der Waals surface area contributed by atoms with Gasteiger partial charge in [-0.1, -0.05) is 39.5 Å². The van der Waals surface area contributed by atoms with Crippen molar-refractivity contribution < 1.29 is 46.0 Å². The molecule has 0 amide bonds. The first-order valence-corrected chi connectivity index (χ1v) is 5.94. The van der Waals surface area contributed by atoms with Gasteiger partial charge in [-0.15, -0.1) is 0 Å². The van der Waals surface area contributed by atoms with Gasteiger partial charge in [0.2, 0.25) is 0 Å². The van der Waals surface area contributed by atoms with Crippen molar-refractivity contribution in [3.8, 4) is 0 Å². The van der Waals surface area contributed by atoms with E-state index in [0.29, 0.717) is 0 Å². The average Bonchev–Trinajstić information content (AvgIpc) is 2.18. The number of hydrogen-bond donors (Lipinski definition) is 0. The molecule has 0 aliphatic carbocycles. The molecule has 98 valence electrons. The normalized spacial score (nSPS) is 8.59. The monoisotopic (exact) mass is 320 g/mol. The second-order valence-electron chi connectivity index (χ2n) is 3.66. The predicted molar refractivity (Wildman–Crippen MR) is 58.3 cm³/mol. The number of aliphatic carboxylic acids is 2. The molecule has 0 heterocycles. The van der Waals surface area contributed by atoms with Crippen LogP contribution in [0.4, 0.5) is 0 Å². The number of rotatable bonds is 8. The first-order valence-electron chi connectivity index (χ1n) is 5.94. The van der Waals surface area contributed by atoms with Gasteiger partial charge in [0.05, 0.1) is 0 Å². The van der Waals surface area contributed by atoms with Gasteiger partial charge >= 0.3 is 26.2 Å². The fourth-order valence-electron chi connectivity index (χ4n) is 1.04. The Bertz CT molecular complexity index is 163. The van der Waals surface area contributed by atoms with E-state index in [2.05, 4.69) is 0 Å². The van der Waals surface area contributed by atoms with Crippen LogP contribution in [0.2, 0.25) is 0 Å². The maximum absolute atomic E-state index is 9.76. The molecule has 0 aromatic rings. The van der Waals surface area contributed by atoms with Crippen molar-refractivity contribution in [2.24, 2.45) is 0 Å². The Kier molecular flexibility index (Phi) is 23.6. The number of carbonyl (C=O) groups is 2. The van der Waals surface area contributed by atoms with Gasteiger partial charge in [-0.2, -0.15) is 0 Å². The van der Waals surface area contributed by atoms with Crippen LogP contribution in [0.1, 0.15) is 65.2 Å². The van der Waals surface area contributed by atoms with E-state index in [1.165, 1.54) is 0 Å². The molecular weight excluding hydrogens is 299 g/mol. The average molecular weight is 322 g/mol. The zero-order valence-electron chi connectivity index (χ0n) is 10.8. The molecule has 0 aliphatic rings. The summed E-state index contributed by atoms with van der Waals surface area (Å²) in [5.41, 5.74) is 0. The number of carboxylic acids is 2. The molecule has 0 rings (SSSR count). The van der Waals surface area contributed by atoms with Gasteiger partial charge in [0, 0.05) is 11.9 Å². The molecule has 0 radical (unpaired) electrons. The van der Waals surface area contributed by atoms with Gasteiger partial charge in [0.1, 0.15) is 0 Å². The Morgan fingerprint density at radius 3 is 1.24 bits per heavy atom. The van der Waals surface area contributed by atoms with Crippen LogP contribution in [0.15, 0.2) is 0 Å². The first-order chi connectivity index (χ1) is 7.54. The zero-order valence-corrected chi connectivity index (χ0v) is 13.2. The number of carboxylic acid groups (broad SMARTS) is 2. The third-order valence-electron chi connectivity index (χ3n) is 1.97. The van der Waals surface area contributed by atoms with Gasteiger partial charge in [0.25, 0.3) is 0 Å². The molecule has 4 nitrogen and oxygen atoms in total. The Hall–Kier alpha value is -0.177. The predicted octanol–water partition coefficient (Wildman–Crippen LogP) is 0.631. The van der Waals surface area contributed by atoms with Crippen LogP contribution in [0.25, 0.3) is 0 Å². The Labute approximate surface area is 123 Å². The summed E-state index contributed by atoms with van der Waals surface area (Å²) in [4.78, 5) is 19.5. The molecule has 0 bridgehead atoms. The Morgan fingerprint density at radius 2 is 1.06 bits per heavy atom. The van der Waals surface area contributed by atoms with E-state index in [4.69, 9.17) is 0 Å². The third-order valence-corrected chi connectivity index (χ3v) is 1.97. The van der Waals surface area contributed by atoms with Crippen LogP contribution < -0.4 is 10.2 Å². The maximum atomic E-state index is 9.76. The summed E-state index contributed by atoms with van der Waals surface area (Å²) >= 11 is 0. The maximum Gasteiger partial charge on any atom is 2.00 e. The van der Waals surface area contributed by atoms with Crippen molar-refractivity contribution in [2.75, 3.05) is 0 Å². The molecule has 0 unspecified atom stereocenters. The molecule has 0 N–H and O–H groups in total. The smallest absolute Gasteiger partial charge is 0.550 e. The van der Waals surface area contributed by atoms with Crippen LogP contribution in [0.3, 0.4) is 0 Å². The first kappa shape index (κ1) is 22.0. The molecular formula is C12H22O4Zr. The minimum Gasteiger partial charge on any atom is -0.550 e. The van der Waals surface area contributed by atoms with Gasteiger partial charge < -0.3 is 19.8 Å². The van der Waals surface area contributed by atoms with E-state index < -0.39 is 11.9 Å². The van der Waals surface area contributed by atoms with Crippen LogP contribution >= 0.6 is 0 Å². The standard InChI is InChI=1S/2C6H12O2.Zr/c2*1-2-3-4-5-6(7)8;/h2*2-5H2,1H3,(H,7,8);/q;;+2/p-2. The quantitative estimate of drug-likeness (QED) is 0.614. The van der Waals surface area contributed by atoms with Crippen molar-refractivity contribution in [3.63, 3.8) is 0 Å². The Morgan fingerprint density at radius 1 is 0.765 bits per heavy atom. The molecule has 0 fully saturated rings.